The quantitative estimate of drug-likeness (QED) is 0.339. The van der Waals surface area contributed by atoms with Crippen LogP contribution in [0.2, 0.25) is 0 Å². The van der Waals surface area contributed by atoms with Crippen molar-refractivity contribution in [1.82, 2.24) is 0 Å². The number of rotatable bonds is 4. The monoisotopic (exact) mass is 570 g/mol. The summed E-state index contributed by atoms with van der Waals surface area (Å²) in [6.07, 6.45) is 11.1. The van der Waals surface area contributed by atoms with E-state index in [0.717, 1.165) is 55.8 Å². The molecule has 4 aromatic rings. The van der Waals surface area contributed by atoms with E-state index >= 15 is 0 Å². The lowest BCUT2D eigenvalue weighted by atomic mass is 9.80. The third-order valence-corrected chi connectivity index (χ3v) is 7.34. The minimum absolute atomic E-state index is 0.877. The molecule has 6 rings (SSSR count). The molecule has 0 N–H and O–H groups in total. The molecule has 1 heterocycles. The molecule has 0 bridgehead atoms. The van der Waals surface area contributed by atoms with Crippen LogP contribution < -0.4 is 23.4 Å². The predicted octanol–water partition coefficient (Wildman–Crippen LogP) is 4.23. The van der Waals surface area contributed by atoms with E-state index in [0.29, 0.717) is 0 Å². The van der Waals surface area contributed by atoms with Crippen LogP contribution in [0.4, 0.5) is 0 Å². The molecule has 0 aliphatic heterocycles. The molecule has 0 fully saturated rings. The number of hydrogen-bond donors (Lipinski definition) is 0. The zero-order valence-electron chi connectivity index (χ0n) is 22.8. The molecule has 0 saturated carbocycles. The lowest BCUT2D eigenvalue weighted by Crippen LogP contribution is -2.68. The fourth-order valence-electron chi connectivity index (χ4n) is 5.65. The highest BCUT2D eigenvalue weighted by Crippen LogP contribution is 2.46. The van der Waals surface area contributed by atoms with Gasteiger partial charge in [0.15, 0.2) is 0 Å². The van der Waals surface area contributed by atoms with Gasteiger partial charge in [-0.05, 0) is 79.5 Å². The summed E-state index contributed by atoms with van der Waals surface area (Å²) >= 11 is 0. The van der Waals surface area contributed by atoms with Gasteiger partial charge in [-0.25, -0.2) is 23.1 Å². The number of methoxy groups -OCH3 is 1. The van der Waals surface area contributed by atoms with Crippen molar-refractivity contribution in [3.05, 3.63) is 119 Å². The van der Waals surface area contributed by atoms with Crippen LogP contribution in [0, 0.1) is 10.2 Å². The Bertz CT molecular complexity index is 1530. The van der Waals surface area contributed by atoms with E-state index in [4.69, 9.17) is 27.8 Å². The van der Waals surface area contributed by atoms with Gasteiger partial charge in [-0.2, -0.15) is 0 Å². The smallest absolute Gasteiger partial charge is 0.360 e. The number of halogens is 1. The number of benzene rings is 3. The van der Waals surface area contributed by atoms with E-state index < -0.39 is 10.2 Å². The third kappa shape index (κ3) is 7.30. The molecule has 0 radical (unpaired) electrons. The zero-order chi connectivity index (χ0) is 28.8. The minimum Gasteiger partial charge on any atom is -0.497 e. The molecule has 7 heteroatoms. The largest absolute Gasteiger partial charge is 0.497 e. The van der Waals surface area contributed by atoms with E-state index in [1.165, 1.54) is 44.5 Å². The van der Waals surface area contributed by atoms with Gasteiger partial charge in [-0.3, -0.25) is 0 Å². The van der Waals surface area contributed by atoms with Crippen LogP contribution in [0.3, 0.4) is 0 Å². The van der Waals surface area contributed by atoms with Crippen molar-refractivity contribution in [2.75, 3.05) is 7.11 Å². The standard InChI is InChI=1S/C34H31O2.ClHO4/c1-35-29-20-18-25(19-21-29)23-28-15-9-17-31-32(26-12-6-3-7-13-26)30-16-8-14-27(33(30)36-34(28)31)22-24-10-4-2-5-11-24;2-1(3,4)5/h2-7,10-13,18-23H,8-9,14-17H2,1H3;(H,2,3,4,5)/q+1;/p-1/b27-22+,28-23+;. The van der Waals surface area contributed by atoms with Crippen LogP contribution in [0.15, 0.2) is 89.3 Å². The predicted molar refractivity (Wildman–Crippen MR) is 150 cm³/mol. The average Bonchev–Trinajstić information content (AvgIpc) is 2.97. The fraction of sp³-hybridized carbons (Fsp3) is 0.206. The molecule has 0 amide bonds. The van der Waals surface area contributed by atoms with Crippen LogP contribution in [-0.2, 0) is 12.8 Å². The van der Waals surface area contributed by atoms with Gasteiger partial charge in [0.05, 0.1) is 29.4 Å². The highest BCUT2D eigenvalue weighted by atomic mass is 35.7. The maximum absolute atomic E-state index is 8.49. The molecule has 41 heavy (non-hydrogen) atoms. The van der Waals surface area contributed by atoms with E-state index in [1.807, 2.05) is 12.1 Å². The van der Waals surface area contributed by atoms with Gasteiger partial charge in [0.2, 0.25) is 0 Å². The molecule has 0 unspecified atom stereocenters. The molecule has 0 spiro atoms. The van der Waals surface area contributed by atoms with E-state index in [2.05, 4.69) is 84.9 Å². The summed E-state index contributed by atoms with van der Waals surface area (Å²) in [6.45, 7) is 0. The summed E-state index contributed by atoms with van der Waals surface area (Å²) in [5, 5.41) is 0. The van der Waals surface area contributed by atoms with Crippen molar-refractivity contribution in [2.45, 2.75) is 38.5 Å². The lowest BCUT2D eigenvalue weighted by Gasteiger charge is -2.22. The Labute approximate surface area is 242 Å². The molecule has 6 nitrogen and oxygen atoms in total. The Balaban J connectivity index is 0.000000623. The summed E-state index contributed by atoms with van der Waals surface area (Å²) in [7, 11) is -3.24. The summed E-state index contributed by atoms with van der Waals surface area (Å²) in [6, 6.07) is 29.8. The minimum atomic E-state index is -4.94. The lowest BCUT2D eigenvalue weighted by molar-refractivity contribution is -2.00. The van der Waals surface area contributed by atoms with Gasteiger partial charge in [-0.15, -0.1) is 10.2 Å². The molecule has 0 saturated heterocycles. The Morgan fingerprint density at radius 2 is 1.10 bits per heavy atom. The number of allylic oxidation sites excluding steroid dienone is 2. The normalized spacial score (nSPS) is 16.4. The van der Waals surface area contributed by atoms with Crippen LogP contribution in [0.1, 0.15) is 59.5 Å². The maximum atomic E-state index is 8.49. The first-order chi connectivity index (χ1) is 19.8. The first-order valence-electron chi connectivity index (χ1n) is 13.6. The second-order valence-electron chi connectivity index (χ2n) is 10.1. The van der Waals surface area contributed by atoms with Crippen molar-refractivity contribution in [1.29, 1.82) is 0 Å². The zero-order valence-corrected chi connectivity index (χ0v) is 23.6. The molecule has 3 aromatic carbocycles. The second kappa shape index (κ2) is 12.8. The fourth-order valence-corrected chi connectivity index (χ4v) is 5.65. The molecule has 2 aliphatic rings. The van der Waals surface area contributed by atoms with E-state index in [-0.39, 0.29) is 0 Å². The molecule has 210 valence electrons. The van der Waals surface area contributed by atoms with Gasteiger partial charge >= 0.3 is 11.5 Å². The third-order valence-electron chi connectivity index (χ3n) is 7.34. The van der Waals surface area contributed by atoms with Crippen LogP contribution in [0.5, 0.6) is 5.75 Å². The summed E-state index contributed by atoms with van der Waals surface area (Å²) in [5.41, 5.74) is 10.4. The van der Waals surface area contributed by atoms with E-state index in [9.17, 15) is 0 Å². The molecule has 1 aromatic heterocycles. The summed E-state index contributed by atoms with van der Waals surface area (Å²) < 4.78 is 46.3. The van der Waals surface area contributed by atoms with Crippen molar-refractivity contribution >= 4 is 23.3 Å². The van der Waals surface area contributed by atoms with E-state index in [1.54, 1.807) is 7.11 Å². The second-order valence-corrected chi connectivity index (χ2v) is 10.8. The Morgan fingerprint density at radius 3 is 1.59 bits per heavy atom. The Hall–Kier alpha value is -3.78. The SMILES string of the molecule is COc1ccc(/C=C2\CCCc3c2[o+]c2c(c3-c3ccccc3)CCC/C2=C\c2ccccc2)cc1.[O-][Cl+3]([O-])([O-])[O-]. The van der Waals surface area contributed by atoms with Crippen LogP contribution >= 0.6 is 0 Å². The number of hydrogen-bond acceptors (Lipinski definition) is 5. The molecule has 0 atom stereocenters. The first-order valence-corrected chi connectivity index (χ1v) is 14.8. The van der Waals surface area contributed by atoms with Crippen molar-refractivity contribution in [3.63, 3.8) is 0 Å². The Morgan fingerprint density at radius 1 is 0.634 bits per heavy atom. The van der Waals surface area contributed by atoms with Crippen molar-refractivity contribution in [2.24, 2.45) is 0 Å². The molecular weight excluding hydrogens is 540 g/mol. The maximum Gasteiger partial charge on any atom is 0.360 e. The van der Waals surface area contributed by atoms with Gasteiger partial charge < -0.3 is 4.74 Å². The van der Waals surface area contributed by atoms with Crippen LogP contribution in [0.25, 0.3) is 34.4 Å². The van der Waals surface area contributed by atoms with Gasteiger partial charge in [-0.1, -0.05) is 72.8 Å². The van der Waals surface area contributed by atoms with Crippen molar-refractivity contribution in [3.8, 4) is 16.9 Å². The molecular formula is C34H31ClO6. The summed E-state index contributed by atoms with van der Waals surface area (Å²) in [5.74, 6) is 3.02. The number of fused-ring (bicyclic) bond motifs is 2. The topological polar surface area (TPSA) is 113 Å². The van der Waals surface area contributed by atoms with Gasteiger partial charge in [0, 0.05) is 5.56 Å². The highest BCUT2D eigenvalue weighted by molar-refractivity contribution is 5.90. The van der Waals surface area contributed by atoms with Gasteiger partial charge in [0.25, 0.3) is 0 Å². The number of ether oxygens (including phenoxy) is 1. The molecule has 2 aliphatic carbocycles. The Kier molecular flexibility index (Phi) is 8.98. The van der Waals surface area contributed by atoms with Gasteiger partial charge in [0.1, 0.15) is 5.75 Å². The summed E-state index contributed by atoms with van der Waals surface area (Å²) in [4.78, 5) is 0. The van der Waals surface area contributed by atoms with Crippen molar-refractivity contribution < 1.29 is 38.0 Å². The first kappa shape index (κ1) is 28.7. The van der Waals surface area contributed by atoms with Crippen LogP contribution in [-0.4, -0.2) is 7.11 Å². The highest BCUT2D eigenvalue weighted by Gasteiger charge is 2.37. The average molecular weight is 571 g/mol.